The predicted octanol–water partition coefficient (Wildman–Crippen LogP) is 1.85. The molecule has 21 heavy (non-hydrogen) atoms. The largest absolute Gasteiger partial charge is 0.497 e. The van der Waals surface area contributed by atoms with E-state index in [0.717, 1.165) is 11.3 Å². The molecule has 0 aliphatic rings. The van der Waals surface area contributed by atoms with Crippen LogP contribution in [0.4, 0.5) is 5.69 Å². The molecule has 1 aromatic heterocycles. The van der Waals surface area contributed by atoms with Crippen molar-refractivity contribution in [3.8, 4) is 5.75 Å². The van der Waals surface area contributed by atoms with Crippen LogP contribution in [0.5, 0.6) is 5.75 Å². The highest BCUT2D eigenvalue weighted by atomic mass is 32.2. The standard InChI is InChI=1S/C14H19N3O3S/c1-10-6-12(20-3)4-5-14(10)17-21(18,19)13-7-11(8-15-2)16-9-13/h4-7,9,15-17H,8H2,1-3H3. The number of rotatable bonds is 6. The summed E-state index contributed by atoms with van der Waals surface area (Å²) in [5.41, 5.74) is 2.14. The van der Waals surface area contributed by atoms with E-state index in [1.165, 1.54) is 6.20 Å². The first-order valence-corrected chi connectivity index (χ1v) is 7.94. The van der Waals surface area contributed by atoms with Crippen LogP contribution in [-0.2, 0) is 16.6 Å². The van der Waals surface area contributed by atoms with Crippen molar-refractivity contribution in [3.05, 3.63) is 41.7 Å². The zero-order chi connectivity index (χ0) is 15.5. The van der Waals surface area contributed by atoms with Gasteiger partial charge >= 0.3 is 0 Å². The molecule has 6 nitrogen and oxygen atoms in total. The summed E-state index contributed by atoms with van der Waals surface area (Å²) in [5.74, 6) is 0.688. The zero-order valence-electron chi connectivity index (χ0n) is 12.2. The number of hydrogen-bond acceptors (Lipinski definition) is 4. The average Bonchev–Trinajstić information content (AvgIpc) is 2.91. The predicted molar refractivity (Wildman–Crippen MR) is 82.1 cm³/mol. The van der Waals surface area contributed by atoms with Crippen LogP contribution < -0.4 is 14.8 Å². The first-order valence-electron chi connectivity index (χ1n) is 6.45. The van der Waals surface area contributed by atoms with Crippen molar-refractivity contribution in [3.63, 3.8) is 0 Å². The molecule has 0 radical (unpaired) electrons. The van der Waals surface area contributed by atoms with Crippen LogP contribution in [0.1, 0.15) is 11.3 Å². The normalized spacial score (nSPS) is 11.4. The van der Waals surface area contributed by atoms with E-state index in [4.69, 9.17) is 4.74 Å². The maximum absolute atomic E-state index is 12.3. The first-order chi connectivity index (χ1) is 9.96. The summed E-state index contributed by atoms with van der Waals surface area (Å²) in [6.07, 6.45) is 1.48. The Labute approximate surface area is 124 Å². The number of aromatic amines is 1. The van der Waals surface area contributed by atoms with Gasteiger partial charge in [0.2, 0.25) is 0 Å². The van der Waals surface area contributed by atoms with Crippen LogP contribution in [0.15, 0.2) is 35.4 Å². The summed E-state index contributed by atoms with van der Waals surface area (Å²) in [7, 11) is -0.232. The Kier molecular flexibility index (Phi) is 4.54. The highest BCUT2D eigenvalue weighted by molar-refractivity contribution is 7.92. The van der Waals surface area contributed by atoms with Gasteiger partial charge in [-0.25, -0.2) is 8.42 Å². The van der Waals surface area contributed by atoms with E-state index in [0.29, 0.717) is 18.0 Å². The molecule has 114 valence electrons. The number of hydrogen-bond donors (Lipinski definition) is 3. The second-order valence-corrected chi connectivity index (χ2v) is 6.36. The van der Waals surface area contributed by atoms with Gasteiger partial charge < -0.3 is 15.0 Å². The summed E-state index contributed by atoms with van der Waals surface area (Å²) in [4.78, 5) is 3.14. The fourth-order valence-electron chi connectivity index (χ4n) is 1.95. The summed E-state index contributed by atoms with van der Waals surface area (Å²) in [6.45, 7) is 2.40. The minimum Gasteiger partial charge on any atom is -0.497 e. The van der Waals surface area contributed by atoms with Crippen molar-refractivity contribution in [2.24, 2.45) is 0 Å². The number of sulfonamides is 1. The van der Waals surface area contributed by atoms with Crippen molar-refractivity contribution in [2.45, 2.75) is 18.4 Å². The molecular weight excluding hydrogens is 290 g/mol. The second kappa shape index (κ2) is 6.19. The lowest BCUT2D eigenvalue weighted by molar-refractivity contribution is 0.414. The molecule has 0 saturated heterocycles. The van der Waals surface area contributed by atoms with Gasteiger partial charge in [0.25, 0.3) is 10.0 Å². The Morgan fingerprint density at radius 1 is 1.29 bits per heavy atom. The number of aryl methyl sites for hydroxylation is 1. The van der Waals surface area contributed by atoms with Crippen LogP contribution >= 0.6 is 0 Å². The molecular formula is C14H19N3O3S. The molecule has 0 bridgehead atoms. The molecule has 0 amide bonds. The SMILES string of the molecule is CNCc1cc(S(=O)(=O)Nc2ccc(OC)cc2C)c[nH]1. The van der Waals surface area contributed by atoms with Crippen molar-refractivity contribution in [2.75, 3.05) is 18.9 Å². The van der Waals surface area contributed by atoms with E-state index >= 15 is 0 Å². The molecule has 0 fully saturated rings. The van der Waals surface area contributed by atoms with Gasteiger partial charge in [-0.1, -0.05) is 0 Å². The minimum atomic E-state index is -3.60. The highest BCUT2D eigenvalue weighted by Gasteiger charge is 2.17. The van der Waals surface area contributed by atoms with Crippen molar-refractivity contribution in [1.29, 1.82) is 0 Å². The van der Waals surface area contributed by atoms with Gasteiger partial charge in [-0.3, -0.25) is 4.72 Å². The Morgan fingerprint density at radius 2 is 2.05 bits per heavy atom. The molecule has 2 aromatic rings. The number of H-pyrrole nitrogens is 1. The number of nitrogens with one attached hydrogen (secondary N) is 3. The maximum atomic E-state index is 12.3. The zero-order valence-corrected chi connectivity index (χ0v) is 13.0. The van der Waals surface area contributed by atoms with Crippen LogP contribution in [0, 0.1) is 6.92 Å². The number of benzene rings is 1. The van der Waals surface area contributed by atoms with E-state index in [1.54, 1.807) is 38.4 Å². The highest BCUT2D eigenvalue weighted by Crippen LogP contribution is 2.24. The number of methoxy groups -OCH3 is 1. The van der Waals surface area contributed by atoms with Gasteiger partial charge in [-0.05, 0) is 43.8 Å². The molecule has 0 spiro atoms. The fourth-order valence-corrected chi connectivity index (χ4v) is 3.10. The van der Waals surface area contributed by atoms with Gasteiger partial charge in [0.15, 0.2) is 0 Å². The summed E-state index contributed by atoms with van der Waals surface area (Å²) < 4.78 is 32.4. The van der Waals surface area contributed by atoms with E-state index in [9.17, 15) is 8.42 Å². The lowest BCUT2D eigenvalue weighted by Crippen LogP contribution is -2.13. The van der Waals surface area contributed by atoms with Crippen LogP contribution in [-0.4, -0.2) is 27.6 Å². The minimum absolute atomic E-state index is 0.211. The van der Waals surface area contributed by atoms with Gasteiger partial charge in [-0.2, -0.15) is 0 Å². The van der Waals surface area contributed by atoms with Crippen LogP contribution in [0.25, 0.3) is 0 Å². The average molecular weight is 309 g/mol. The van der Waals surface area contributed by atoms with Crippen LogP contribution in [0.3, 0.4) is 0 Å². The molecule has 3 N–H and O–H groups in total. The maximum Gasteiger partial charge on any atom is 0.263 e. The van der Waals surface area contributed by atoms with E-state index in [1.807, 2.05) is 6.92 Å². The molecule has 0 saturated carbocycles. The van der Waals surface area contributed by atoms with Gasteiger partial charge in [-0.15, -0.1) is 0 Å². The summed E-state index contributed by atoms with van der Waals surface area (Å²) in [5, 5.41) is 2.96. The van der Waals surface area contributed by atoms with E-state index in [2.05, 4.69) is 15.0 Å². The molecule has 2 rings (SSSR count). The van der Waals surface area contributed by atoms with Crippen molar-refractivity contribution < 1.29 is 13.2 Å². The third kappa shape index (κ3) is 3.56. The summed E-state index contributed by atoms with van der Waals surface area (Å²) >= 11 is 0. The monoisotopic (exact) mass is 309 g/mol. The Morgan fingerprint density at radius 3 is 2.67 bits per heavy atom. The number of aromatic nitrogens is 1. The molecule has 0 atom stereocenters. The van der Waals surface area contributed by atoms with E-state index < -0.39 is 10.0 Å². The van der Waals surface area contributed by atoms with Gasteiger partial charge in [0.05, 0.1) is 12.8 Å². The molecule has 7 heteroatoms. The summed E-state index contributed by atoms with van der Waals surface area (Å²) in [6, 6.07) is 6.79. The lowest BCUT2D eigenvalue weighted by atomic mass is 10.2. The molecule has 0 aliphatic heterocycles. The molecule has 1 aromatic carbocycles. The first kappa shape index (κ1) is 15.4. The third-order valence-corrected chi connectivity index (χ3v) is 4.42. The van der Waals surface area contributed by atoms with Gasteiger partial charge in [0.1, 0.15) is 10.6 Å². The Hall–Kier alpha value is -1.99. The van der Waals surface area contributed by atoms with Crippen molar-refractivity contribution >= 4 is 15.7 Å². The Balaban J connectivity index is 2.24. The topological polar surface area (TPSA) is 83.2 Å². The number of anilines is 1. The molecule has 0 unspecified atom stereocenters. The fraction of sp³-hybridized carbons (Fsp3) is 0.286. The quantitative estimate of drug-likeness (QED) is 0.760. The van der Waals surface area contributed by atoms with Gasteiger partial charge in [0, 0.05) is 18.4 Å². The third-order valence-electron chi connectivity index (χ3n) is 3.07. The number of ether oxygens (including phenoxy) is 1. The van der Waals surface area contributed by atoms with Crippen LogP contribution in [0.2, 0.25) is 0 Å². The smallest absolute Gasteiger partial charge is 0.263 e. The second-order valence-electron chi connectivity index (χ2n) is 4.68. The molecule has 0 aliphatic carbocycles. The lowest BCUT2D eigenvalue weighted by Gasteiger charge is -2.10. The van der Waals surface area contributed by atoms with E-state index in [-0.39, 0.29) is 4.90 Å². The van der Waals surface area contributed by atoms with Crippen molar-refractivity contribution in [1.82, 2.24) is 10.3 Å². The Bertz CT molecular complexity index is 723. The molecule has 1 heterocycles.